The number of aliphatic carboxylic acids is 1. The first-order valence-electron chi connectivity index (χ1n) is 5.36. The van der Waals surface area contributed by atoms with Gasteiger partial charge in [-0.2, -0.15) is 4.98 Å². The fourth-order valence-electron chi connectivity index (χ4n) is 1.23. The van der Waals surface area contributed by atoms with Crippen LogP contribution < -0.4 is 16.4 Å². The summed E-state index contributed by atoms with van der Waals surface area (Å²) < 4.78 is 0. The number of nitrogens with two attached hydrogens (primary N) is 1. The van der Waals surface area contributed by atoms with Crippen molar-refractivity contribution in [3.05, 3.63) is 12.3 Å². The lowest BCUT2D eigenvalue weighted by molar-refractivity contribution is -0.138. The average Bonchev–Trinajstić information content (AvgIpc) is 2.34. The molecule has 0 aliphatic heterocycles. The molecule has 7 heteroatoms. The van der Waals surface area contributed by atoms with E-state index in [0.29, 0.717) is 25.3 Å². The molecule has 0 bridgehead atoms. The van der Waals surface area contributed by atoms with E-state index in [1.54, 1.807) is 19.3 Å². The van der Waals surface area contributed by atoms with E-state index in [4.69, 9.17) is 10.8 Å². The van der Waals surface area contributed by atoms with E-state index in [2.05, 4.69) is 20.6 Å². The van der Waals surface area contributed by atoms with Crippen LogP contribution in [0.25, 0.3) is 0 Å². The summed E-state index contributed by atoms with van der Waals surface area (Å²) in [5.74, 6) is 0.268. The van der Waals surface area contributed by atoms with Crippen molar-refractivity contribution in [2.24, 2.45) is 5.73 Å². The Hall–Kier alpha value is -1.89. The molecule has 7 nitrogen and oxygen atoms in total. The van der Waals surface area contributed by atoms with Crippen molar-refractivity contribution in [1.29, 1.82) is 0 Å². The molecule has 0 radical (unpaired) electrons. The molecule has 1 rings (SSSR count). The lowest BCUT2D eigenvalue weighted by Gasteiger charge is -2.08. The highest BCUT2D eigenvalue weighted by molar-refractivity contribution is 5.72. The van der Waals surface area contributed by atoms with Crippen molar-refractivity contribution < 1.29 is 9.90 Å². The molecule has 1 heterocycles. The summed E-state index contributed by atoms with van der Waals surface area (Å²) in [5.41, 5.74) is 5.37. The Bertz CT molecular complexity index is 371. The van der Waals surface area contributed by atoms with Gasteiger partial charge in [-0.25, -0.2) is 4.98 Å². The minimum absolute atomic E-state index is 0.425. The molecule has 0 aromatic carbocycles. The lowest BCUT2D eigenvalue weighted by atomic mass is 10.2. The minimum Gasteiger partial charge on any atom is -0.480 e. The number of carboxylic acid groups (broad SMARTS) is 1. The molecule has 5 N–H and O–H groups in total. The van der Waals surface area contributed by atoms with E-state index < -0.39 is 12.0 Å². The summed E-state index contributed by atoms with van der Waals surface area (Å²) in [4.78, 5) is 18.7. The van der Waals surface area contributed by atoms with Crippen LogP contribution in [-0.4, -0.2) is 40.7 Å². The number of hydrogen-bond acceptors (Lipinski definition) is 6. The molecule has 0 aliphatic rings. The summed E-state index contributed by atoms with van der Waals surface area (Å²) in [6.45, 7) is 0.591. The maximum atomic E-state index is 10.5. The number of anilines is 2. The summed E-state index contributed by atoms with van der Waals surface area (Å²) in [5, 5.41) is 14.5. The first-order chi connectivity index (χ1) is 8.13. The fraction of sp³-hybridized carbons (Fsp3) is 0.500. The molecule has 0 saturated carbocycles. The Balaban J connectivity index is 2.28. The highest BCUT2D eigenvalue weighted by Crippen LogP contribution is 2.04. The van der Waals surface area contributed by atoms with Crippen LogP contribution in [0.15, 0.2) is 12.3 Å². The van der Waals surface area contributed by atoms with Gasteiger partial charge in [0.05, 0.1) is 0 Å². The standard InChI is InChI=1S/C10H17N5O2/c1-12-8-4-6-14-10(15-8)13-5-2-3-7(11)9(16)17/h4,6-7H,2-3,5,11H2,1H3,(H,16,17)(H2,12,13,14,15). The predicted octanol–water partition coefficient (Wildman–Crippen LogP) is 0.122. The molecule has 0 fully saturated rings. The fourth-order valence-corrected chi connectivity index (χ4v) is 1.23. The summed E-state index contributed by atoms with van der Waals surface area (Å²) in [6, 6.07) is 0.951. The van der Waals surface area contributed by atoms with Gasteiger partial charge >= 0.3 is 5.97 Å². The van der Waals surface area contributed by atoms with Crippen molar-refractivity contribution in [2.75, 3.05) is 24.2 Å². The molecular formula is C10H17N5O2. The first-order valence-corrected chi connectivity index (χ1v) is 5.36. The molecule has 1 unspecified atom stereocenters. The second-order valence-corrected chi connectivity index (χ2v) is 3.53. The monoisotopic (exact) mass is 239 g/mol. The van der Waals surface area contributed by atoms with E-state index >= 15 is 0 Å². The molecule has 1 aromatic rings. The lowest BCUT2D eigenvalue weighted by Crippen LogP contribution is -2.30. The molecule has 1 aromatic heterocycles. The molecule has 0 amide bonds. The van der Waals surface area contributed by atoms with Crippen LogP contribution in [0.2, 0.25) is 0 Å². The first kappa shape index (κ1) is 13.2. The molecule has 0 spiro atoms. The number of hydrogen-bond donors (Lipinski definition) is 4. The summed E-state index contributed by atoms with van der Waals surface area (Å²) >= 11 is 0. The Morgan fingerprint density at radius 3 is 3.06 bits per heavy atom. The van der Waals surface area contributed by atoms with Crippen LogP contribution in [0.5, 0.6) is 0 Å². The number of carboxylic acids is 1. The number of nitrogens with zero attached hydrogens (tertiary/aromatic N) is 2. The molecule has 0 saturated heterocycles. The molecule has 94 valence electrons. The Labute approximate surface area is 99.5 Å². The average molecular weight is 239 g/mol. The quantitative estimate of drug-likeness (QED) is 0.500. The van der Waals surface area contributed by atoms with Crippen molar-refractivity contribution in [3.63, 3.8) is 0 Å². The number of carbonyl (C=O) groups is 1. The normalized spacial score (nSPS) is 11.9. The van der Waals surface area contributed by atoms with Crippen LogP contribution in [0.4, 0.5) is 11.8 Å². The van der Waals surface area contributed by atoms with Crippen LogP contribution in [0.3, 0.4) is 0 Å². The highest BCUT2D eigenvalue weighted by atomic mass is 16.4. The second-order valence-electron chi connectivity index (χ2n) is 3.53. The molecular weight excluding hydrogens is 222 g/mol. The van der Waals surface area contributed by atoms with Gasteiger partial charge in [0.1, 0.15) is 11.9 Å². The highest BCUT2D eigenvalue weighted by Gasteiger charge is 2.10. The second kappa shape index (κ2) is 6.64. The van der Waals surface area contributed by atoms with Gasteiger partial charge in [0, 0.05) is 19.8 Å². The van der Waals surface area contributed by atoms with E-state index in [9.17, 15) is 4.79 Å². The third-order valence-electron chi connectivity index (χ3n) is 2.20. The topological polar surface area (TPSA) is 113 Å². The number of aromatic nitrogens is 2. The van der Waals surface area contributed by atoms with E-state index in [0.717, 1.165) is 5.82 Å². The van der Waals surface area contributed by atoms with Crippen molar-refractivity contribution in [1.82, 2.24) is 9.97 Å². The van der Waals surface area contributed by atoms with Gasteiger partial charge in [-0.1, -0.05) is 0 Å². The van der Waals surface area contributed by atoms with Crippen LogP contribution >= 0.6 is 0 Å². The van der Waals surface area contributed by atoms with Gasteiger partial charge in [-0.05, 0) is 18.9 Å². The van der Waals surface area contributed by atoms with Gasteiger partial charge in [0.15, 0.2) is 0 Å². The van der Waals surface area contributed by atoms with Gasteiger partial charge < -0.3 is 21.5 Å². The number of rotatable bonds is 7. The van der Waals surface area contributed by atoms with Gasteiger partial charge in [-0.3, -0.25) is 4.79 Å². The van der Waals surface area contributed by atoms with Gasteiger partial charge in [0.2, 0.25) is 5.95 Å². The van der Waals surface area contributed by atoms with E-state index in [-0.39, 0.29) is 0 Å². The Morgan fingerprint density at radius 2 is 2.41 bits per heavy atom. The van der Waals surface area contributed by atoms with Crippen molar-refractivity contribution >= 4 is 17.7 Å². The zero-order valence-corrected chi connectivity index (χ0v) is 9.68. The Morgan fingerprint density at radius 1 is 1.65 bits per heavy atom. The van der Waals surface area contributed by atoms with E-state index in [1.807, 2.05) is 0 Å². The van der Waals surface area contributed by atoms with Gasteiger partial charge in [0.25, 0.3) is 0 Å². The SMILES string of the molecule is CNc1ccnc(NCCCC(N)C(=O)O)n1. The largest absolute Gasteiger partial charge is 0.480 e. The maximum absolute atomic E-state index is 10.5. The van der Waals surface area contributed by atoms with E-state index in [1.165, 1.54) is 0 Å². The van der Waals surface area contributed by atoms with Crippen LogP contribution in [-0.2, 0) is 4.79 Å². The Kier molecular flexibility index (Phi) is 5.15. The summed E-state index contributed by atoms with van der Waals surface area (Å²) in [6.07, 6.45) is 2.72. The molecule has 1 atom stereocenters. The zero-order chi connectivity index (χ0) is 12.7. The van der Waals surface area contributed by atoms with Gasteiger partial charge in [-0.15, -0.1) is 0 Å². The van der Waals surface area contributed by atoms with Crippen molar-refractivity contribution in [3.8, 4) is 0 Å². The number of nitrogens with one attached hydrogen (secondary N) is 2. The zero-order valence-electron chi connectivity index (χ0n) is 9.68. The van der Waals surface area contributed by atoms with Crippen molar-refractivity contribution in [2.45, 2.75) is 18.9 Å². The molecule has 0 aliphatic carbocycles. The smallest absolute Gasteiger partial charge is 0.320 e. The summed E-state index contributed by atoms with van der Waals surface area (Å²) in [7, 11) is 1.78. The van der Waals surface area contributed by atoms with Crippen LogP contribution in [0.1, 0.15) is 12.8 Å². The third-order valence-corrected chi connectivity index (χ3v) is 2.20. The maximum Gasteiger partial charge on any atom is 0.320 e. The van der Waals surface area contributed by atoms with Crippen LogP contribution in [0, 0.1) is 0 Å². The minimum atomic E-state index is -0.974. The third kappa shape index (κ3) is 4.64. The molecule has 17 heavy (non-hydrogen) atoms. The predicted molar refractivity (Wildman–Crippen MR) is 64.9 cm³/mol.